The quantitative estimate of drug-likeness (QED) is 0.480. The second-order valence-electron chi connectivity index (χ2n) is 6.35. The fourth-order valence-electron chi connectivity index (χ4n) is 2.68. The van der Waals surface area contributed by atoms with E-state index >= 15 is 0 Å². The Morgan fingerprint density at radius 3 is 1.90 bits per heavy atom. The largest absolute Gasteiger partial charge is 0.424 e. The van der Waals surface area contributed by atoms with Crippen LogP contribution in [-0.4, -0.2) is 15.9 Å². The van der Waals surface area contributed by atoms with Crippen LogP contribution in [0.1, 0.15) is 10.4 Å². The van der Waals surface area contributed by atoms with Crippen LogP contribution in [0.25, 0.3) is 11.1 Å². The van der Waals surface area contributed by atoms with Crippen molar-refractivity contribution in [3.63, 3.8) is 0 Å². The maximum atomic E-state index is 13.0. The molecule has 0 unspecified atom stereocenters. The molecule has 4 rings (SSSR count). The number of amides is 1. The molecule has 4 aromatic rings. The van der Waals surface area contributed by atoms with Crippen LogP contribution in [0.4, 0.5) is 14.5 Å². The summed E-state index contributed by atoms with van der Waals surface area (Å²) in [4.78, 5) is 20.6. The molecule has 1 N–H and O–H groups in total. The Labute approximate surface area is 171 Å². The molecule has 0 saturated carbocycles. The van der Waals surface area contributed by atoms with Crippen LogP contribution < -0.4 is 10.1 Å². The van der Waals surface area contributed by atoms with E-state index in [0.29, 0.717) is 17.0 Å². The van der Waals surface area contributed by atoms with Crippen LogP contribution in [0, 0.1) is 11.6 Å². The summed E-state index contributed by atoms with van der Waals surface area (Å²) >= 11 is 0. The van der Waals surface area contributed by atoms with Gasteiger partial charge in [-0.15, -0.1) is 0 Å². The summed E-state index contributed by atoms with van der Waals surface area (Å²) in [6, 6.07) is 18.1. The zero-order valence-corrected chi connectivity index (χ0v) is 15.5. The van der Waals surface area contributed by atoms with E-state index in [2.05, 4.69) is 15.3 Å². The first-order chi connectivity index (χ1) is 14.6. The molecule has 0 fully saturated rings. The molecule has 30 heavy (non-hydrogen) atoms. The first kappa shape index (κ1) is 19.2. The highest BCUT2D eigenvalue weighted by Gasteiger charge is 2.08. The van der Waals surface area contributed by atoms with Gasteiger partial charge in [-0.2, -0.15) is 0 Å². The second-order valence-corrected chi connectivity index (χ2v) is 6.35. The van der Waals surface area contributed by atoms with E-state index in [1.165, 1.54) is 36.4 Å². The molecule has 0 saturated heterocycles. The second kappa shape index (κ2) is 8.48. The van der Waals surface area contributed by atoms with E-state index in [1.807, 2.05) is 0 Å². The lowest BCUT2D eigenvalue weighted by atomic mass is 10.1. The Morgan fingerprint density at radius 1 is 0.733 bits per heavy atom. The Bertz CT molecular complexity index is 1150. The van der Waals surface area contributed by atoms with Gasteiger partial charge in [0.05, 0.1) is 0 Å². The minimum Gasteiger partial charge on any atom is -0.424 e. The first-order valence-electron chi connectivity index (χ1n) is 9.00. The van der Waals surface area contributed by atoms with Crippen molar-refractivity contribution in [2.24, 2.45) is 0 Å². The Kier molecular flexibility index (Phi) is 5.43. The molecule has 0 aliphatic heterocycles. The summed E-state index contributed by atoms with van der Waals surface area (Å²) in [5.74, 6) is -0.548. The monoisotopic (exact) mass is 403 g/mol. The van der Waals surface area contributed by atoms with E-state index in [4.69, 9.17) is 4.74 Å². The lowest BCUT2D eigenvalue weighted by molar-refractivity contribution is 0.102. The number of anilines is 1. The van der Waals surface area contributed by atoms with Gasteiger partial charge >= 0.3 is 6.01 Å². The first-order valence-corrected chi connectivity index (χ1v) is 9.00. The summed E-state index contributed by atoms with van der Waals surface area (Å²) in [7, 11) is 0. The van der Waals surface area contributed by atoms with Gasteiger partial charge < -0.3 is 10.1 Å². The molecule has 0 bridgehead atoms. The number of carbonyl (C=O) groups excluding carboxylic acids is 1. The summed E-state index contributed by atoms with van der Waals surface area (Å²) < 4.78 is 31.6. The Morgan fingerprint density at radius 2 is 1.30 bits per heavy atom. The van der Waals surface area contributed by atoms with Crippen molar-refractivity contribution in [2.75, 3.05) is 5.32 Å². The topological polar surface area (TPSA) is 64.1 Å². The van der Waals surface area contributed by atoms with Gasteiger partial charge in [0.15, 0.2) is 0 Å². The van der Waals surface area contributed by atoms with E-state index in [-0.39, 0.29) is 23.6 Å². The predicted molar refractivity (Wildman–Crippen MR) is 108 cm³/mol. The van der Waals surface area contributed by atoms with Crippen LogP contribution in [0.3, 0.4) is 0 Å². The highest BCUT2D eigenvalue weighted by molar-refractivity contribution is 6.04. The van der Waals surface area contributed by atoms with Crippen LogP contribution in [0.15, 0.2) is 85.2 Å². The molecular formula is C23H15F2N3O2. The van der Waals surface area contributed by atoms with E-state index < -0.39 is 0 Å². The minimum absolute atomic E-state index is 0.143. The molecule has 148 valence electrons. The van der Waals surface area contributed by atoms with Crippen molar-refractivity contribution in [1.82, 2.24) is 9.97 Å². The molecule has 0 atom stereocenters. The minimum atomic E-state index is -0.373. The molecular weight excluding hydrogens is 388 g/mol. The number of nitrogens with one attached hydrogen (secondary N) is 1. The number of hydrogen-bond donors (Lipinski definition) is 1. The van der Waals surface area contributed by atoms with Crippen molar-refractivity contribution >= 4 is 11.6 Å². The van der Waals surface area contributed by atoms with Crippen molar-refractivity contribution in [2.45, 2.75) is 0 Å². The number of benzene rings is 3. The fourth-order valence-corrected chi connectivity index (χ4v) is 2.68. The van der Waals surface area contributed by atoms with Gasteiger partial charge in [-0.1, -0.05) is 12.1 Å². The summed E-state index contributed by atoms with van der Waals surface area (Å²) in [5.41, 5.74) is 2.44. The highest BCUT2D eigenvalue weighted by atomic mass is 19.1. The molecule has 7 heteroatoms. The van der Waals surface area contributed by atoms with Gasteiger partial charge in [0.2, 0.25) is 0 Å². The number of rotatable bonds is 5. The van der Waals surface area contributed by atoms with Gasteiger partial charge in [0, 0.05) is 29.2 Å². The summed E-state index contributed by atoms with van der Waals surface area (Å²) in [6.45, 7) is 0. The highest BCUT2D eigenvalue weighted by Crippen LogP contribution is 2.22. The van der Waals surface area contributed by atoms with Crippen molar-refractivity contribution in [3.8, 4) is 22.9 Å². The smallest absolute Gasteiger partial charge is 0.321 e. The molecule has 0 spiro atoms. The Hall–Kier alpha value is -4.13. The number of aromatic nitrogens is 2. The lowest BCUT2D eigenvalue weighted by Crippen LogP contribution is -2.11. The Balaban J connectivity index is 1.40. The maximum absolute atomic E-state index is 13.0. The van der Waals surface area contributed by atoms with Gasteiger partial charge in [-0.3, -0.25) is 4.79 Å². The number of carbonyl (C=O) groups is 1. The van der Waals surface area contributed by atoms with Gasteiger partial charge in [-0.25, -0.2) is 18.7 Å². The number of ether oxygens (including phenoxy) is 1. The molecule has 1 heterocycles. The normalized spacial score (nSPS) is 10.5. The standard InChI is InChI=1S/C23H15F2N3O2/c24-18-5-1-15(2-6-18)17-13-26-23(27-14-17)30-21-11-3-16(4-12-21)22(29)28-20-9-7-19(25)8-10-20/h1-14H,(H,28,29). The SMILES string of the molecule is O=C(Nc1ccc(F)cc1)c1ccc(Oc2ncc(-c3ccc(F)cc3)cn2)cc1. The molecule has 0 aliphatic rings. The van der Waals surface area contributed by atoms with Crippen molar-refractivity contribution in [1.29, 1.82) is 0 Å². The lowest BCUT2D eigenvalue weighted by Gasteiger charge is -2.07. The van der Waals surface area contributed by atoms with Crippen LogP contribution in [0.2, 0.25) is 0 Å². The van der Waals surface area contributed by atoms with Crippen LogP contribution >= 0.6 is 0 Å². The predicted octanol–water partition coefficient (Wildman–Crippen LogP) is 5.47. The zero-order chi connectivity index (χ0) is 20.9. The maximum Gasteiger partial charge on any atom is 0.321 e. The van der Waals surface area contributed by atoms with Gasteiger partial charge in [0.25, 0.3) is 5.91 Å². The molecule has 0 radical (unpaired) electrons. The van der Waals surface area contributed by atoms with E-state index in [9.17, 15) is 13.6 Å². The average molecular weight is 403 g/mol. The fraction of sp³-hybridized carbons (Fsp3) is 0. The summed E-state index contributed by atoms with van der Waals surface area (Å²) in [5, 5.41) is 2.69. The molecule has 0 aliphatic carbocycles. The molecule has 5 nitrogen and oxygen atoms in total. The van der Waals surface area contributed by atoms with E-state index in [0.717, 1.165) is 11.1 Å². The third kappa shape index (κ3) is 4.64. The van der Waals surface area contributed by atoms with Gasteiger partial charge in [-0.05, 0) is 66.2 Å². The van der Waals surface area contributed by atoms with E-state index in [1.54, 1.807) is 48.8 Å². The molecule has 1 aromatic heterocycles. The third-order valence-corrected chi connectivity index (χ3v) is 4.23. The van der Waals surface area contributed by atoms with Crippen molar-refractivity contribution in [3.05, 3.63) is 102 Å². The number of nitrogens with zero attached hydrogens (tertiary/aromatic N) is 2. The summed E-state index contributed by atoms with van der Waals surface area (Å²) in [6.07, 6.45) is 3.17. The average Bonchev–Trinajstić information content (AvgIpc) is 2.77. The number of hydrogen-bond acceptors (Lipinski definition) is 4. The van der Waals surface area contributed by atoms with Crippen LogP contribution in [0.5, 0.6) is 11.8 Å². The van der Waals surface area contributed by atoms with Crippen LogP contribution in [-0.2, 0) is 0 Å². The van der Waals surface area contributed by atoms with Crippen molar-refractivity contribution < 1.29 is 18.3 Å². The molecule has 3 aromatic carbocycles. The van der Waals surface area contributed by atoms with Gasteiger partial charge in [0.1, 0.15) is 17.4 Å². The zero-order valence-electron chi connectivity index (χ0n) is 15.5. The third-order valence-electron chi connectivity index (χ3n) is 4.23. The molecule has 1 amide bonds. The number of halogens is 2.